The molecule has 3 heterocycles. The van der Waals surface area contributed by atoms with Crippen LogP contribution in [0.2, 0.25) is 0 Å². The Hall–Kier alpha value is -3.42. The number of phenolic OH excluding ortho intramolecular Hbond substituents is 1. The Kier molecular flexibility index (Phi) is 6.21. The molecule has 0 bridgehead atoms. The molecule has 1 aromatic carbocycles. The fourth-order valence-electron chi connectivity index (χ4n) is 5.54. The summed E-state index contributed by atoms with van der Waals surface area (Å²) in [5.74, 6) is 0.860. The lowest BCUT2D eigenvalue weighted by molar-refractivity contribution is -0.167. The number of carbonyl (C=O) groups excluding carboxylic acids is 1. The SMILES string of the molecule is CCc1ccc(O)c(CCC2(C3CCCC3)CC(O)=C(Cc3nc4ncc(C)cn4n3)C(=O)O2)c1. The number of benzene rings is 1. The highest BCUT2D eigenvalue weighted by molar-refractivity contribution is 5.90. The zero-order chi connectivity index (χ0) is 24.6. The van der Waals surface area contributed by atoms with Crippen molar-refractivity contribution in [1.82, 2.24) is 19.6 Å². The molecule has 35 heavy (non-hydrogen) atoms. The number of hydrogen-bond donors (Lipinski definition) is 2. The molecule has 184 valence electrons. The topological polar surface area (TPSA) is 110 Å². The summed E-state index contributed by atoms with van der Waals surface area (Å²) >= 11 is 0. The summed E-state index contributed by atoms with van der Waals surface area (Å²) < 4.78 is 7.79. The van der Waals surface area contributed by atoms with Crippen molar-refractivity contribution in [3.8, 4) is 5.75 Å². The molecule has 2 aliphatic rings. The number of aromatic nitrogens is 4. The van der Waals surface area contributed by atoms with Gasteiger partial charge >= 0.3 is 5.97 Å². The number of phenols is 1. The molecule has 0 saturated heterocycles. The van der Waals surface area contributed by atoms with Crippen LogP contribution in [0.1, 0.15) is 68.0 Å². The van der Waals surface area contributed by atoms with E-state index in [2.05, 4.69) is 22.0 Å². The van der Waals surface area contributed by atoms with Gasteiger partial charge in [-0.05, 0) is 67.7 Å². The number of hydrogen-bond acceptors (Lipinski definition) is 7. The summed E-state index contributed by atoms with van der Waals surface area (Å²) in [5.41, 5.74) is 2.39. The molecule has 1 aliphatic heterocycles. The van der Waals surface area contributed by atoms with Crippen molar-refractivity contribution in [1.29, 1.82) is 0 Å². The van der Waals surface area contributed by atoms with Gasteiger partial charge in [0, 0.05) is 25.2 Å². The minimum Gasteiger partial charge on any atom is -0.512 e. The first-order chi connectivity index (χ1) is 16.9. The summed E-state index contributed by atoms with van der Waals surface area (Å²) in [7, 11) is 0. The minimum atomic E-state index is -0.777. The van der Waals surface area contributed by atoms with Gasteiger partial charge in [-0.15, -0.1) is 5.10 Å². The van der Waals surface area contributed by atoms with Crippen LogP contribution in [-0.2, 0) is 28.8 Å². The van der Waals surface area contributed by atoms with Crippen LogP contribution in [0.5, 0.6) is 5.75 Å². The lowest BCUT2D eigenvalue weighted by atomic mass is 9.76. The maximum absolute atomic E-state index is 13.3. The van der Waals surface area contributed by atoms with E-state index >= 15 is 0 Å². The smallest absolute Gasteiger partial charge is 0.338 e. The monoisotopic (exact) mass is 476 g/mol. The van der Waals surface area contributed by atoms with Gasteiger partial charge in [-0.3, -0.25) is 0 Å². The van der Waals surface area contributed by atoms with Gasteiger partial charge in [0.2, 0.25) is 0 Å². The van der Waals surface area contributed by atoms with E-state index < -0.39 is 11.6 Å². The summed E-state index contributed by atoms with van der Waals surface area (Å²) in [5, 5.41) is 25.9. The van der Waals surface area contributed by atoms with Crippen molar-refractivity contribution in [3.05, 3.63) is 64.4 Å². The molecule has 2 aromatic heterocycles. The predicted octanol–water partition coefficient (Wildman–Crippen LogP) is 4.56. The fraction of sp³-hybridized carbons (Fsp3) is 0.481. The van der Waals surface area contributed by atoms with Crippen LogP contribution in [0.4, 0.5) is 0 Å². The molecule has 8 heteroatoms. The van der Waals surface area contributed by atoms with Crippen molar-refractivity contribution in [2.45, 2.75) is 77.2 Å². The number of aromatic hydroxyl groups is 1. The molecule has 5 rings (SSSR count). The normalized spacial score (nSPS) is 21.1. The standard InChI is InChI=1S/C27H32N4O4/c1-3-18-8-9-22(32)19(12-18)10-11-27(20-6-4-5-7-20)14-23(33)21(25(34)35-27)13-24-29-26-28-15-17(2)16-31(26)30-24/h8-9,12,15-16,20,32-33H,3-7,10-11,13-14H2,1-2H3. The van der Waals surface area contributed by atoms with Gasteiger partial charge in [0.15, 0.2) is 5.82 Å². The van der Waals surface area contributed by atoms with Crippen molar-refractivity contribution < 1.29 is 19.7 Å². The Labute approximate surface area is 204 Å². The molecule has 1 aliphatic carbocycles. The third-order valence-corrected chi connectivity index (χ3v) is 7.53. The van der Waals surface area contributed by atoms with Crippen LogP contribution in [0.15, 0.2) is 41.9 Å². The van der Waals surface area contributed by atoms with Crippen LogP contribution in [-0.4, -0.2) is 41.4 Å². The van der Waals surface area contributed by atoms with Gasteiger partial charge in [-0.1, -0.05) is 31.9 Å². The number of cyclic esters (lactones) is 1. The fourth-order valence-corrected chi connectivity index (χ4v) is 5.54. The Bertz CT molecular complexity index is 1290. The minimum absolute atomic E-state index is 0.0580. The van der Waals surface area contributed by atoms with E-state index in [0.717, 1.165) is 48.8 Å². The highest BCUT2D eigenvalue weighted by Gasteiger charge is 2.48. The van der Waals surface area contributed by atoms with Gasteiger partial charge in [-0.25, -0.2) is 14.3 Å². The van der Waals surface area contributed by atoms with Crippen LogP contribution < -0.4 is 0 Å². The van der Waals surface area contributed by atoms with E-state index in [0.29, 0.717) is 24.4 Å². The van der Waals surface area contributed by atoms with E-state index in [1.807, 2.05) is 25.3 Å². The number of aliphatic hydroxyl groups is 1. The number of esters is 1. The Morgan fingerprint density at radius 2 is 2.03 bits per heavy atom. The Morgan fingerprint density at radius 3 is 2.77 bits per heavy atom. The lowest BCUT2D eigenvalue weighted by Gasteiger charge is -2.41. The predicted molar refractivity (Wildman–Crippen MR) is 130 cm³/mol. The third kappa shape index (κ3) is 4.61. The second-order valence-corrected chi connectivity index (χ2v) is 9.94. The number of aryl methyl sites for hydroxylation is 3. The molecule has 1 unspecified atom stereocenters. The van der Waals surface area contributed by atoms with E-state index in [1.165, 1.54) is 0 Å². The van der Waals surface area contributed by atoms with E-state index in [1.54, 1.807) is 16.8 Å². The second-order valence-electron chi connectivity index (χ2n) is 9.94. The molecular formula is C27H32N4O4. The van der Waals surface area contributed by atoms with Gasteiger partial charge in [-0.2, -0.15) is 4.98 Å². The number of nitrogens with zero attached hydrogens (tertiary/aromatic N) is 4. The third-order valence-electron chi connectivity index (χ3n) is 7.53. The summed E-state index contributed by atoms with van der Waals surface area (Å²) in [6.45, 7) is 4.00. The first-order valence-electron chi connectivity index (χ1n) is 12.5. The molecule has 0 amide bonds. The van der Waals surface area contributed by atoms with Crippen LogP contribution in [0, 0.1) is 12.8 Å². The van der Waals surface area contributed by atoms with E-state index in [9.17, 15) is 15.0 Å². The molecule has 3 aromatic rings. The Morgan fingerprint density at radius 1 is 1.23 bits per heavy atom. The maximum Gasteiger partial charge on any atom is 0.338 e. The zero-order valence-corrected chi connectivity index (χ0v) is 20.3. The maximum atomic E-state index is 13.3. The largest absolute Gasteiger partial charge is 0.512 e. The first-order valence-corrected chi connectivity index (χ1v) is 12.5. The summed E-state index contributed by atoms with van der Waals surface area (Å²) in [4.78, 5) is 21.9. The lowest BCUT2D eigenvalue weighted by Crippen LogP contribution is -2.46. The number of carbonyl (C=O) groups is 1. The molecule has 1 atom stereocenters. The van der Waals surface area contributed by atoms with Crippen molar-refractivity contribution in [3.63, 3.8) is 0 Å². The van der Waals surface area contributed by atoms with Gasteiger partial charge in [0.05, 0.1) is 5.57 Å². The summed E-state index contributed by atoms with van der Waals surface area (Å²) in [6.07, 6.45) is 10.0. The number of rotatable bonds is 7. The highest BCUT2D eigenvalue weighted by Crippen LogP contribution is 2.46. The van der Waals surface area contributed by atoms with Crippen molar-refractivity contribution in [2.75, 3.05) is 0 Å². The van der Waals surface area contributed by atoms with Gasteiger partial charge in [0.25, 0.3) is 5.78 Å². The molecular weight excluding hydrogens is 444 g/mol. The average Bonchev–Trinajstić information content (AvgIpc) is 3.51. The molecule has 0 spiro atoms. The number of aliphatic hydroxyl groups excluding tert-OH is 1. The van der Waals surface area contributed by atoms with Crippen LogP contribution in [0.3, 0.4) is 0 Å². The molecule has 2 N–H and O–H groups in total. The molecule has 8 nitrogen and oxygen atoms in total. The first kappa shape index (κ1) is 23.3. The van der Waals surface area contributed by atoms with Gasteiger partial charge < -0.3 is 14.9 Å². The van der Waals surface area contributed by atoms with Crippen LogP contribution >= 0.6 is 0 Å². The highest BCUT2D eigenvalue weighted by atomic mass is 16.6. The molecule has 1 fully saturated rings. The van der Waals surface area contributed by atoms with Crippen molar-refractivity contribution in [2.24, 2.45) is 5.92 Å². The van der Waals surface area contributed by atoms with Gasteiger partial charge in [0.1, 0.15) is 17.1 Å². The molecule has 1 saturated carbocycles. The van der Waals surface area contributed by atoms with Crippen molar-refractivity contribution >= 4 is 11.7 Å². The quantitative estimate of drug-likeness (QED) is 0.481. The van der Waals surface area contributed by atoms with E-state index in [-0.39, 0.29) is 35.8 Å². The van der Waals surface area contributed by atoms with E-state index in [4.69, 9.17) is 4.74 Å². The van der Waals surface area contributed by atoms with Crippen LogP contribution in [0.25, 0.3) is 5.78 Å². The summed E-state index contributed by atoms with van der Waals surface area (Å²) in [6, 6.07) is 5.68. The average molecular weight is 477 g/mol. The number of fused-ring (bicyclic) bond motifs is 1. The zero-order valence-electron chi connectivity index (χ0n) is 20.3. The Balaban J connectivity index is 1.41. The molecule has 0 radical (unpaired) electrons. The number of ether oxygens (including phenoxy) is 1. The second kappa shape index (κ2) is 9.32.